The molecule has 0 saturated heterocycles. The van der Waals surface area contributed by atoms with E-state index in [0.29, 0.717) is 42.3 Å². The van der Waals surface area contributed by atoms with E-state index in [9.17, 15) is 4.79 Å². The molecule has 31 heavy (non-hydrogen) atoms. The second-order valence-electron chi connectivity index (χ2n) is 7.22. The Morgan fingerprint density at radius 3 is 2.58 bits per heavy atom. The fraction of sp³-hybridized carbons (Fsp3) is 0.250. The molecule has 158 valence electrons. The van der Waals surface area contributed by atoms with Crippen molar-refractivity contribution < 1.29 is 4.74 Å². The highest BCUT2D eigenvalue weighted by molar-refractivity contribution is 5.70. The Morgan fingerprint density at radius 1 is 1.00 bits per heavy atom. The summed E-state index contributed by atoms with van der Waals surface area (Å²) >= 11 is 0. The summed E-state index contributed by atoms with van der Waals surface area (Å²) in [6, 6.07) is 17.8. The minimum absolute atomic E-state index is 0.132. The number of benzene rings is 2. The molecule has 0 amide bonds. The van der Waals surface area contributed by atoms with Gasteiger partial charge in [-0.1, -0.05) is 42.5 Å². The summed E-state index contributed by atoms with van der Waals surface area (Å²) in [6.07, 6.45) is 2.96. The number of hydrogen-bond donors (Lipinski definition) is 1. The first-order valence-electron chi connectivity index (χ1n) is 10.3. The molecule has 0 radical (unpaired) electrons. The van der Waals surface area contributed by atoms with Crippen molar-refractivity contribution in [2.45, 2.75) is 26.3 Å². The molecule has 0 aliphatic rings. The van der Waals surface area contributed by atoms with Crippen LogP contribution in [0.15, 0.2) is 65.6 Å². The molecule has 7 heteroatoms. The van der Waals surface area contributed by atoms with Crippen LogP contribution in [0.1, 0.15) is 23.7 Å². The molecule has 0 fully saturated rings. The van der Waals surface area contributed by atoms with Crippen molar-refractivity contribution in [2.75, 3.05) is 19.0 Å². The van der Waals surface area contributed by atoms with E-state index in [1.807, 2.05) is 49.4 Å². The zero-order valence-corrected chi connectivity index (χ0v) is 17.7. The fourth-order valence-corrected chi connectivity index (χ4v) is 3.50. The number of aryl methyl sites for hydroxylation is 2. The largest absolute Gasteiger partial charge is 0.497 e. The smallest absolute Gasteiger partial charge is 0.274 e. The Morgan fingerprint density at radius 2 is 1.81 bits per heavy atom. The minimum Gasteiger partial charge on any atom is -0.497 e. The summed E-state index contributed by atoms with van der Waals surface area (Å²) in [5, 5.41) is 3.10. The van der Waals surface area contributed by atoms with Gasteiger partial charge in [-0.15, -0.1) is 0 Å². The predicted molar refractivity (Wildman–Crippen MR) is 122 cm³/mol. The lowest BCUT2D eigenvalue weighted by Gasteiger charge is -2.13. The van der Waals surface area contributed by atoms with Crippen LogP contribution in [0.5, 0.6) is 5.75 Å². The molecular formula is C24H25N5O2. The molecule has 4 rings (SSSR count). The number of ether oxygens (including phenoxy) is 1. The molecule has 0 unspecified atom stereocenters. The van der Waals surface area contributed by atoms with Crippen LogP contribution in [-0.2, 0) is 19.4 Å². The van der Waals surface area contributed by atoms with Crippen LogP contribution >= 0.6 is 0 Å². The number of fused-ring (bicyclic) bond motifs is 1. The van der Waals surface area contributed by atoms with Gasteiger partial charge in [0.25, 0.3) is 5.56 Å². The number of nitrogens with one attached hydrogen (secondary N) is 1. The van der Waals surface area contributed by atoms with Gasteiger partial charge in [0.05, 0.1) is 19.9 Å². The molecule has 2 aromatic carbocycles. The summed E-state index contributed by atoms with van der Waals surface area (Å²) in [6.45, 7) is 3.03. The van der Waals surface area contributed by atoms with E-state index in [2.05, 4.69) is 32.4 Å². The number of hydrogen-bond acceptors (Lipinski definition) is 6. The molecule has 0 aliphatic heterocycles. The maximum atomic E-state index is 13.4. The van der Waals surface area contributed by atoms with E-state index in [4.69, 9.17) is 4.74 Å². The fourth-order valence-electron chi connectivity index (χ4n) is 3.50. The summed E-state index contributed by atoms with van der Waals surface area (Å²) in [4.78, 5) is 26.9. The molecule has 4 aromatic rings. The SMILES string of the molecule is CCNc1ncc2nc(CCc3ccccc3)c(=O)n(Cc3cccc(OC)c3)c2n1. The van der Waals surface area contributed by atoms with Gasteiger partial charge in [-0.3, -0.25) is 9.36 Å². The van der Waals surface area contributed by atoms with Crippen molar-refractivity contribution >= 4 is 17.1 Å². The molecule has 0 bridgehead atoms. The van der Waals surface area contributed by atoms with Crippen molar-refractivity contribution in [3.8, 4) is 5.75 Å². The standard InChI is InChI=1S/C24H25N5O2/c1-3-25-24-26-15-21-22(28-24)29(16-18-10-7-11-19(14-18)31-2)23(30)20(27-21)13-12-17-8-5-4-6-9-17/h4-11,14-15H,3,12-13,16H2,1-2H3,(H,25,26,28). The van der Waals surface area contributed by atoms with Crippen molar-refractivity contribution in [1.29, 1.82) is 0 Å². The highest BCUT2D eigenvalue weighted by Crippen LogP contribution is 2.16. The molecule has 1 N–H and O–H groups in total. The van der Waals surface area contributed by atoms with E-state index in [1.54, 1.807) is 17.9 Å². The monoisotopic (exact) mass is 415 g/mol. The maximum absolute atomic E-state index is 13.4. The summed E-state index contributed by atoms with van der Waals surface area (Å²) in [5.74, 6) is 1.23. The molecule has 0 aliphatic carbocycles. The molecule has 0 spiro atoms. The van der Waals surface area contributed by atoms with Crippen molar-refractivity contribution in [3.63, 3.8) is 0 Å². The van der Waals surface area contributed by atoms with Crippen LogP contribution < -0.4 is 15.6 Å². The summed E-state index contributed by atoms with van der Waals surface area (Å²) < 4.78 is 7.02. The molecule has 0 atom stereocenters. The van der Waals surface area contributed by atoms with Crippen LogP contribution in [0.3, 0.4) is 0 Å². The number of aromatic nitrogens is 4. The first-order valence-corrected chi connectivity index (χ1v) is 10.3. The van der Waals surface area contributed by atoms with Gasteiger partial charge in [-0.2, -0.15) is 4.98 Å². The van der Waals surface area contributed by atoms with Gasteiger partial charge in [0.1, 0.15) is 17.0 Å². The van der Waals surface area contributed by atoms with Gasteiger partial charge >= 0.3 is 0 Å². The van der Waals surface area contributed by atoms with Crippen LogP contribution in [0.4, 0.5) is 5.95 Å². The second kappa shape index (κ2) is 9.38. The quantitative estimate of drug-likeness (QED) is 0.475. The molecule has 0 saturated carbocycles. The number of nitrogens with zero attached hydrogens (tertiary/aromatic N) is 4. The van der Waals surface area contributed by atoms with Gasteiger partial charge in [0.2, 0.25) is 5.95 Å². The van der Waals surface area contributed by atoms with Gasteiger partial charge in [0.15, 0.2) is 5.65 Å². The van der Waals surface area contributed by atoms with Crippen LogP contribution in [0, 0.1) is 0 Å². The zero-order chi connectivity index (χ0) is 21.6. The van der Waals surface area contributed by atoms with Gasteiger partial charge < -0.3 is 10.1 Å². The molecule has 7 nitrogen and oxygen atoms in total. The van der Waals surface area contributed by atoms with Gasteiger partial charge in [-0.25, -0.2) is 9.97 Å². The minimum atomic E-state index is -0.132. The van der Waals surface area contributed by atoms with E-state index in [-0.39, 0.29) is 5.56 Å². The van der Waals surface area contributed by atoms with E-state index < -0.39 is 0 Å². The Balaban J connectivity index is 1.77. The lowest BCUT2D eigenvalue weighted by Crippen LogP contribution is -2.27. The predicted octanol–water partition coefficient (Wildman–Crippen LogP) is 3.46. The third-order valence-electron chi connectivity index (χ3n) is 5.06. The maximum Gasteiger partial charge on any atom is 0.274 e. The third kappa shape index (κ3) is 4.71. The Kier molecular flexibility index (Phi) is 6.21. The average Bonchev–Trinajstić information content (AvgIpc) is 2.81. The van der Waals surface area contributed by atoms with Crippen LogP contribution in [0.25, 0.3) is 11.2 Å². The number of methoxy groups -OCH3 is 1. The van der Waals surface area contributed by atoms with E-state index in [1.165, 1.54) is 5.56 Å². The van der Waals surface area contributed by atoms with E-state index >= 15 is 0 Å². The van der Waals surface area contributed by atoms with Gasteiger partial charge in [-0.05, 0) is 43.0 Å². The highest BCUT2D eigenvalue weighted by Gasteiger charge is 2.14. The Bertz CT molecular complexity index is 1240. The summed E-state index contributed by atoms with van der Waals surface area (Å²) in [7, 11) is 1.63. The van der Waals surface area contributed by atoms with Crippen molar-refractivity contribution in [2.24, 2.45) is 0 Å². The topological polar surface area (TPSA) is 81.9 Å². The number of rotatable bonds is 8. The first kappa shape index (κ1) is 20.5. The normalized spacial score (nSPS) is 10.9. The van der Waals surface area contributed by atoms with Crippen molar-refractivity contribution in [3.05, 3.63) is 88.0 Å². The van der Waals surface area contributed by atoms with E-state index in [0.717, 1.165) is 17.7 Å². The Labute approximate surface area is 180 Å². The van der Waals surface area contributed by atoms with Gasteiger partial charge in [0, 0.05) is 6.54 Å². The number of anilines is 1. The van der Waals surface area contributed by atoms with Crippen LogP contribution in [-0.4, -0.2) is 33.2 Å². The molecular weight excluding hydrogens is 390 g/mol. The zero-order valence-electron chi connectivity index (χ0n) is 17.7. The lowest BCUT2D eigenvalue weighted by atomic mass is 10.1. The lowest BCUT2D eigenvalue weighted by molar-refractivity contribution is 0.414. The highest BCUT2D eigenvalue weighted by atomic mass is 16.5. The second-order valence-corrected chi connectivity index (χ2v) is 7.22. The average molecular weight is 415 g/mol. The molecule has 2 heterocycles. The summed E-state index contributed by atoms with van der Waals surface area (Å²) in [5.41, 5.74) is 3.62. The van der Waals surface area contributed by atoms with Crippen LogP contribution in [0.2, 0.25) is 0 Å². The Hall–Kier alpha value is -3.74. The molecule has 2 aromatic heterocycles. The first-order chi connectivity index (χ1) is 15.2. The van der Waals surface area contributed by atoms with Crippen molar-refractivity contribution in [1.82, 2.24) is 19.5 Å². The third-order valence-corrected chi connectivity index (χ3v) is 5.06.